The van der Waals surface area contributed by atoms with E-state index in [4.69, 9.17) is 4.98 Å². The molecule has 0 bridgehead atoms. The Morgan fingerprint density at radius 1 is 1.20 bits per heavy atom. The van der Waals surface area contributed by atoms with Crippen LogP contribution in [0, 0.1) is 5.92 Å². The van der Waals surface area contributed by atoms with Gasteiger partial charge < -0.3 is 10.2 Å². The molecule has 11 heteroatoms. The molecule has 1 aliphatic heterocycles. The fraction of sp³-hybridized carbons (Fsp3) is 0.500. The molecule has 2 atom stereocenters. The number of carbonyl (C=O) groups is 1. The van der Waals surface area contributed by atoms with Gasteiger partial charge in [0.05, 0.1) is 36.0 Å². The van der Waals surface area contributed by atoms with Crippen LogP contribution >= 0.6 is 0 Å². The number of piperidine rings is 1. The lowest BCUT2D eigenvalue weighted by Gasteiger charge is -2.39. The molecule has 1 amide bonds. The van der Waals surface area contributed by atoms with E-state index in [0.717, 1.165) is 42.0 Å². The zero-order chi connectivity index (χ0) is 24.7. The van der Waals surface area contributed by atoms with Crippen molar-refractivity contribution in [1.82, 2.24) is 44.7 Å². The van der Waals surface area contributed by atoms with E-state index in [9.17, 15) is 4.79 Å². The molecule has 5 rings (SSSR count). The van der Waals surface area contributed by atoms with Gasteiger partial charge in [0, 0.05) is 37.9 Å². The van der Waals surface area contributed by atoms with E-state index in [-0.39, 0.29) is 17.5 Å². The van der Waals surface area contributed by atoms with E-state index in [1.807, 2.05) is 57.0 Å². The molecule has 4 aromatic rings. The van der Waals surface area contributed by atoms with Gasteiger partial charge in [-0.05, 0) is 52.5 Å². The molecule has 11 nitrogen and oxygen atoms in total. The molecule has 1 fully saturated rings. The van der Waals surface area contributed by atoms with Gasteiger partial charge >= 0.3 is 0 Å². The number of rotatable bonds is 5. The quantitative estimate of drug-likeness (QED) is 0.471. The third-order valence-corrected chi connectivity index (χ3v) is 6.59. The Balaban J connectivity index is 1.27. The lowest BCUT2D eigenvalue weighted by atomic mass is 9.91. The zero-order valence-corrected chi connectivity index (χ0v) is 20.9. The maximum absolute atomic E-state index is 12.6. The van der Waals surface area contributed by atoms with Crippen molar-refractivity contribution in [1.29, 1.82) is 0 Å². The summed E-state index contributed by atoms with van der Waals surface area (Å²) in [6.45, 7) is 9.76. The second-order valence-electron chi connectivity index (χ2n) is 10.4. The molecule has 0 radical (unpaired) electrons. The molecule has 2 unspecified atom stereocenters. The maximum atomic E-state index is 12.6. The Morgan fingerprint density at radius 3 is 2.71 bits per heavy atom. The van der Waals surface area contributed by atoms with Gasteiger partial charge in [0.1, 0.15) is 5.52 Å². The van der Waals surface area contributed by atoms with Crippen LogP contribution in [0.25, 0.3) is 16.8 Å². The van der Waals surface area contributed by atoms with Crippen LogP contribution in [0.1, 0.15) is 51.0 Å². The standard InChI is InChI=1S/C24H32N10O/c1-16-10-17(11-25-23(35)20-15-34(30-29-20)24(2,3)4)7-9-32(16)22-21-6-8-26-33(21)14-19(28-22)18-12-27-31(5)13-18/h6,8,12-17H,7,9-11H2,1-5H3,(H,25,35). The van der Waals surface area contributed by atoms with Gasteiger partial charge in [0.15, 0.2) is 11.5 Å². The van der Waals surface area contributed by atoms with Crippen LogP contribution in [0.4, 0.5) is 5.82 Å². The van der Waals surface area contributed by atoms with Crippen LogP contribution in [-0.2, 0) is 12.6 Å². The minimum atomic E-state index is -0.211. The smallest absolute Gasteiger partial charge is 0.273 e. The molecule has 5 heterocycles. The van der Waals surface area contributed by atoms with Crippen LogP contribution < -0.4 is 10.2 Å². The number of anilines is 1. The van der Waals surface area contributed by atoms with Gasteiger partial charge in [-0.15, -0.1) is 5.10 Å². The lowest BCUT2D eigenvalue weighted by Crippen LogP contribution is -2.44. The first-order valence-corrected chi connectivity index (χ1v) is 12.0. The summed E-state index contributed by atoms with van der Waals surface area (Å²) < 4.78 is 5.37. The summed E-state index contributed by atoms with van der Waals surface area (Å²) in [4.78, 5) is 20.0. The summed E-state index contributed by atoms with van der Waals surface area (Å²) in [5.74, 6) is 1.13. The van der Waals surface area contributed by atoms with Gasteiger partial charge in [0.25, 0.3) is 5.91 Å². The highest BCUT2D eigenvalue weighted by Gasteiger charge is 2.29. The third kappa shape index (κ3) is 4.62. The number of hydrogen-bond acceptors (Lipinski definition) is 7. The Hall–Kier alpha value is -3.76. The average molecular weight is 477 g/mol. The Bertz CT molecular complexity index is 1340. The van der Waals surface area contributed by atoms with Crippen molar-refractivity contribution in [2.75, 3.05) is 18.0 Å². The second kappa shape index (κ2) is 8.79. The third-order valence-electron chi connectivity index (χ3n) is 6.59. The van der Waals surface area contributed by atoms with Crippen LogP contribution in [0.3, 0.4) is 0 Å². The largest absolute Gasteiger partial charge is 0.352 e. The number of amides is 1. The van der Waals surface area contributed by atoms with Crippen LogP contribution in [-0.4, -0.2) is 64.4 Å². The molecule has 0 spiro atoms. The first kappa shape index (κ1) is 23.0. The van der Waals surface area contributed by atoms with Crippen molar-refractivity contribution in [2.24, 2.45) is 13.0 Å². The number of fused-ring (bicyclic) bond motifs is 1. The minimum absolute atomic E-state index is 0.178. The van der Waals surface area contributed by atoms with Gasteiger partial charge in [-0.3, -0.25) is 9.48 Å². The fourth-order valence-corrected chi connectivity index (χ4v) is 4.61. The van der Waals surface area contributed by atoms with Gasteiger partial charge in [-0.2, -0.15) is 10.2 Å². The molecular weight excluding hydrogens is 444 g/mol. The van der Waals surface area contributed by atoms with Crippen LogP contribution in [0.2, 0.25) is 0 Å². The van der Waals surface area contributed by atoms with E-state index in [2.05, 4.69) is 37.6 Å². The SMILES string of the molecule is CC1CC(CNC(=O)c2cn(C(C)(C)C)nn2)CCN1c1nc(-c2cnn(C)c2)cn2nccc12. The number of aromatic nitrogens is 8. The molecule has 0 saturated carbocycles. The molecule has 35 heavy (non-hydrogen) atoms. The predicted octanol–water partition coefficient (Wildman–Crippen LogP) is 2.51. The van der Waals surface area contributed by atoms with Crippen LogP contribution in [0.15, 0.2) is 37.1 Å². The highest BCUT2D eigenvalue weighted by atomic mass is 16.2. The van der Waals surface area contributed by atoms with Gasteiger partial charge in [-0.1, -0.05) is 5.21 Å². The molecule has 1 N–H and O–H groups in total. The maximum Gasteiger partial charge on any atom is 0.273 e. The van der Waals surface area contributed by atoms with Crippen molar-refractivity contribution in [2.45, 2.75) is 52.1 Å². The number of nitrogens with one attached hydrogen (secondary N) is 1. The van der Waals surface area contributed by atoms with E-state index in [1.54, 1.807) is 21.8 Å². The molecule has 1 aliphatic rings. The van der Waals surface area contributed by atoms with Crippen molar-refractivity contribution in [3.8, 4) is 11.3 Å². The van der Waals surface area contributed by atoms with E-state index in [0.29, 0.717) is 18.2 Å². The Morgan fingerprint density at radius 2 is 2.03 bits per heavy atom. The van der Waals surface area contributed by atoms with Crippen molar-refractivity contribution < 1.29 is 4.79 Å². The normalized spacial score (nSPS) is 18.8. The first-order valence-electron chi connectivity index (χ1n) is 12.0. The second-order valence-corrected chi connectivity index (χ2v) is 10.4. The van der Waals surface area contributed by atoms with E-state index < -0.39 is 0 Å². The van der Waals surface area contributed by atoms with E-state index >= 15 is 0 Å². The van der Waals surface area contributed by atoms with Gasteiger partial charge in [0.2, 0.25) is 0 Å². The van der Waals surface area contributed by atoms with E-state index in [1.165, 1.54) is 0 Å². The highest BCUT2D eigenvalue weighted by Crippen LogP contribution is 2.31. The average Bonchev–Trinajstić information content (AvgIpc) is 3.56. The van der Waals surface area contributed by atoms with Crippen molar-refractivity contribution in [3.63, 3.8) is 0 Å². The summed E-state index contributed by atoms with van der Waals surface area (Å²) in [5.41, 5.74) is 2.92. The minimum Gasteiger partial charge on any atom is -0.352 e. The fourth-order valence-electron chi connectivity index (χ4n) is 4.61. The predicted molar refractivity (Wildman–Crippen MR) is 132 cm³/mol. The number of carbonyl (C=O) groups excluding carboxylic acids is 1. The summed E-state index contributed by atoms with van der Waals surface area (Å²) >= 11 is 0. The molecule has 0 aliphatic carbocycles. The van der Waals surface area contributed by atoms with Gasteiger partial charge in [-0.25, -0.2) is 14.2 Å². The molecular formula is C24H32N10O. The summed E-state index contributed by atoms with van der Waals surface area (Å²) in [6.07, 6.45) is 11.1. The molecule has 0 aromatic carbocycles. The monoisotopic (exact) mass is 476 g/mol. The highest BCUT2D eigenvalue weighted by molar-refractivity contribution is 5.91. The Kier molecular flexibility index (Phi) is 5.78. The first-order chi connectivity index (χ1) is 16.7. The van der Waals surface area contributed by atoms with Crippen LogP contribution in [0.5, 0.6) is 0 Å². The summed E-state index contributed by atoms with van der Waals surface area (Å²) in [6, 6.07) is 2.27. The molecule has 184 valence electrons. The van der Waals surface area contributed by atoms with Crippen molar-refractivity contribution >= 4 is 17.2 Å². The number of nitrogens with zero attached hydrogens (tertiary/aromatic N) is 9. The summed E-state index contributed by atoms with van der Waals surface area (Å²) in [5, 5.41) is 19.9. The zero-order valence-electron chi connectivity index (χ0n) is 20.9. The summed E-state index contributed by atoms with van der Waals surface area (Å²) in [7, 11) is 1.90. The van der Waals surface area contributed by atoms with Crippen molar-refractivity contribution in [3.05, 3.63) is 42.7 Å². The number of hydrogen-bond donors (Lipinski definition) is 1. The molecule has 4 aromatic heterocycles. The topological polar surface area (TPSA) is 111 Å². The Labute approximate surface area is 204 Å². The lowest BCUT2D eigenvalue weighted by molar-refractivity contribution is 0.0938. The molecule has 1 saturated heterocycles. The number of aryl methyl sites for hydroxylation is 1.